The van der Waals surface area contributed by atoms with Gasteiger partial charge in [0.25, 0.3) is 0 Å². The van der Waals surface area contributed by atoms with E-state index in [0.29, 0.717) is 34.7 Å². The van der Waals surface area contributed by atoms with Crippen molar-refractivity contribution in [3.05, 3.63) is 59.7 Å². The Balaban J connectivity index is 1.41. The molecule has 1 aliphatic heterocycles. The molecule has 0 unspecified atom stereocenters. The summed E-state index contributed by atoms with van der Waals surface area (Å²) in [5, 5.41) is 6.64. The molecule has 1 aliphatic rings. The van der Waals surface area contributed by atoms with Crippen molar-refractivity contribution in [3.63, 3.8) is 0 Å². The summed E-state index contributed by atoms with van der Waals surface area (Å²) >= 11 is 0. The second-order valence-corrected chi connectivity index (χ2v) is 9.79. The van der Waals surface area contributed by atoms with Crippen molar-refractivity contribution in [1.29, 1.82) is 0 Å². The van der Waals surface area contributed by atoms with E-state index in [2.05, 4.69) is 37.5 Å². The topological polar surface area (TPSA) is 80.6 Å². The summed E-state index contributed by atoms with van der Waals surface area (Å²) in [5.41, 5.74) is 2.35. The Morgan fingerprint density at radius 3 is 2.56 bits per heavy atom. The minimum atomic E-state index is -0.635. The fourth-order valence-electron chi connectivity index (χ4n) is 5.09. The molecule has 0 radical (unpaired) electrons. The van der Waals surface area contributed by atoms with E-state index in [0.717, 1.165) is 24.7 Å². The van der Waals surface area contributed by atoms with Crippen LogP contribution in [0.3, 0.4) is 0 Å². The minimum absolute atomic E-state index is 0.0103. The quantitative estimate of drug-likeness (QED) is 0.342. The van der Waals surface area contributed by atoms with E-state index in [9.17, 15) is 8.78 Å². The van der Waals surface area contributed by atoms with Crippen LogP contribution in [0.5, 0.6) is 0 Å². The summed E-state index contributed by atoms with van der Waals surface area (Å²) in [6.07, 6.45) is 6.58. The van der Waals surface area contributed by atoms with Crippen LogP contribution in [0.15, 0.2) is 36.7 Å². The molecule has 0 saturated carbocycles. The summed E-state index contributed by atoms with van der Waals surface area (Å²) in [7, 11) is 0. The molecule has 4 aromatic rings. The zero-order chi connectivity index (χ0) is 25.4. The Labute approximate surface area is 209 Å². The first-order chi connectivity index (χ1) is 17.3. The van der Waals surface area contributed by atoms with Crippen molar-refractivity contribution in [2.45, 2.75) is 65.0 Å². The van der Waals surface area contributed by atoms with Crippen molar-refractivity contribution in [1.82, 2.24) is 29.8 Å². The van der Waals surface area contributed by atoms with Crippen LogP contribution >= 0.6 is 0 Å². The number of hydrogen-bond donors (Lipinski definition) is 2. The van der Waals surface area contributed by atoms with Gasteiger partial charge < -0.3 is 15.2 Å². The predicted molar refractivity (Wildman–Crippen MR) is 137 cm³/mol. The largest absolute Gasteiger partial charge is 0.326 e. The van der Waals surface area contributed by atoms with Gasteiger partial charge in [-0.2, -0.15) is 0 Å². The number of benzene rings is 1. The van der Waals surface area contributed by atoms with E-state index in [4.69, 9.17) is 0 Å². The zero-order valence-electron chi connectivity index (χ0n) is 21.0. The number of anilines is 2. The van der Waals surface area contributed by atoms with E-state index in [1.807, 2.05) is 43.7 Å². The lowest BCUT2D eigenvalue weighted by molar-refractivity contribution is 0.361. The number of imidazole rings is 1. The average molecular weight is 492 g/mol. The molecule has 0 bridgehead atoms. The molecule has 5 rings (SSSR count). The Hall–Kier alpha value is -3.46. The number of hydrogen-bond acceptors (Lipinski definition) is 6. The van der Waals surface area contributed by atoms with Crippen molar-refractivity contribution in [3.8, 4) is 11.3 Å². The van der Waals surface area contributed by atoms with E-state index in [1.165, 1.54) is 18.9 Å². The second-order valence-electron chi connectivity index (χ2n) is 9.79. The van der Waals surface area contributed by atoms with Crippen LogP contribution in [0.1, 0.15) is 63.4 Å². The Morgan fingerprint density at radius 1 is 1.03 bits per heavy atom. The van der Waals surface area contributed by atoms with E-state index >= 15 is 0 Å². The second kappa shape index (κ2) is 9.89. The van der Waals surface area contributed by atoms with Gasteiger partial charge in [0.1, 0.15) is 22.9 Å². The first-order valence-corrected chi connectivity index (χ1v) is 12.5. The van der Waals surface area contributed by atoms with Crippen LogP contribution < -0.4 is 10.6 Å². The van der Waals surface area contributed by atoms with Crippen molar-refractivity contribution in [2.75, 3.05) is 11.9 Å². The number of aryl methyl sites for hydroxylation is 1. The van der Waals surface area contributed by atoms with E-state index in [-0.39, 0.29) is 23.2 Å². The minimum Gasteiger partial charge on any atom is -0.326 e. The van der Waals surface area contributed by atoms with Gasteiger partial charge in [0.15, 0.2) is 11.6 Å². The molecule has 1 fully saturated rings. The Bertz CT molecular complexity index is 1380. The van der Waals surface area contributed by atoms with Gasteiger partial charge in [0.2, 0.25) is 5.95 Å². The molecule has 1 saturated heterocycles. The van der Waals surface area contributed by atoms with Gasteiger partial charge in [-0.25, -0.2) is 28.7 Å². The maximum absolute atomic E-state index is 14.9. The molecule has 0 amide bonds. The van der Waals surface area contributed by atoms with Gasteiger partial charge in [0.05, 0.1) is 11.7 Å². The molecule has 3 aromatic heterocycles. The molecule has 0 spiro atoms. The highest BCUT2D eigenvalue weighted by Gasteiger charge is 2.21. The third kappa shape index (κ3) is 4.67. The lowest BCUT2D eigenvalue weighted by Crippen LogP contribution is -2.37. The highest BCUT2D eigenvalue weighted by molar-refractivity contribution is 5.83. The number of nitrogens with zero attached hydrogens (tertiary/aromatic N) is 5. The average Bonchev–Trinajstić information content (AvgIpc) is 3.22. The summed E-state index contributed by atoms with van der Waals surface area (Å²) in [5.74, 6) is 0.635. The molecule has 2 atom stereocenters. The van der Waals surface area contributed by atoms with E-state index < -0.39 is 11.6 Å². The molecular formula is C27H31F2N7. The fourth-order valence-corrected chi connectivity index (χ4v) is 5.09. The zero-order valence-corrected chi connectivity index (χ0v) is 21.0. The molecule has 9 heteroatoms. The molecule has 4 heterocycles. The molecule has 1 aromatic carbocycles. The molecule has 0 aliphatic carbocycles. The normalized spacial score (nSPS) is 17.0. The van der Waals surface area contributed by atoms with Crippen LogP contribution in [0, 0.1) is 18.6 Å². The molecular weight excluding hydrogens is 460 g/mol. The molecule has 7 nitrogen and oxygen atoms in total. The van der Waals surface area contributed by atoms with Gasteiger partial charge in [0, 0.05) is 23.8 Å². The monoisotopic (exact) mass is 491 g/mol. The fraction of sp³-hybridized carbons (Fsp3) is 0.407. The predicted octanol–water partition coefficient (Wildman–Crippen LogP) is 6.05. The summed E-state index contributed by atoms with van der Waals surface area (Å²) in [6, 6.07) is 7.43. The highest BCUT2D eigenvalue weighted by Crippen LogP contribution is 2.31. The van der Waals surface area contributed by atoms with Crippen LogP contribution in [0.4, 0.5) is 20.5 Å². The van der Waals surface area contributed by atoms with Crippen LogP contribution in [-0.2, 0) is 0 Å². The number of nitrogens with one attached hydrogen (secondary N) is 2. The van der Waals surface area contributed by atoms with Crippen molar-refractivity contribution in [2.24, 2.45) is 0 Å². The van der Waals surface area contributed by atoms with Crippen LogP contribution in [-0.4, -0.2) is 37.1 Å². The van der Waals surface area contributed by atoms with E-state index in [1.54, 1.807) is 6.07 Å². The van der Waals surface area contributed by atoms with Crippen molar-refractivity contribution < 1.29 is 8.78 Å². The number of halogens is 2. The first kappa shape index (κ1) is 24.2. The lowest BCUT2D eigenvalue weighted by atomic mass is 9.89. The molecule has 2 N–H and O–H groups in total. The first-order valence-electron chi connectivity index (χ1n) is 12.5. The van der Waals surface area contributed by atoms with Crippen LogP contribution in [0.2, 0.25) is 0 Å². The Kier molecular flexibility index (Phi) is 6.66. The number of fused-ring (bicyclic) bond motifs is 1. The number of rotatable bonds is 6. The third-order valence-electron chi connectivity index (χ3n) is 6.96. The standard InChI is InChI=1S/C27H31F2N7/c1-15(2)36-17(4)33-26-20(28)11-19(12-23(26)36)25-21(29)14-32-27(35-25)34-24-9-8-18(13-31-24)16(3)22-7-5-6-10-30-22/h8-9,11-16,22,30H,5-7,10H2,1-4H3,(H,31,32,34,35)/t16-,22-/m1/s1. The highest BCUT2D eigenvalue weighted by atomic mass is 19.1. The number of piperidine rings is 1. The molecule has 36 heavy (non-hydrogen) atoms. The molecule has 188 valence electrons. The summed E-state index contributed by atoms with van der Waals surface area (Å²) < 4.78 is 31.6. The summed E-state index contributed by atoms with van der Waals surface area (Å²) in [6.45, 7) is 9.10. The number of pyridine rings is 1. The van der Waals surface area contributed by atoms with Gasteiger partial charge in [-0.3, -0.25) is 0 Å². The van der Waals surface area contributed by atoms with Crippen molar-refractivity contribution >= 4 is 22.8 Å². The third-order valence-corrected chi connectivity index (χ3v) is 6.96. The van der Waals surface area contributed by atoms with Gasteiger partial charge in [-0.1, -0.05) is 19.4 Å². The summed E-state index contributed by atoms with van der Waals surface area (Å²) in [4.78, 5) is 17.3. The van der Waals surface area contributed by atoms with Gasteiger partial charge in [-0.05, 0) is 69.8 Å². The maximum Gasteiger partial charge on any atom is 0.229 e. The smallest absolute Gasteiger partial charge is 0.229 e. The SMILES string of the molecule is Cc1nc2c(F)cc(-c3nc(Nc4ccc([C@@H](C)[C@H]5CCCCN5)cn4)ncc3F)cc2n1C(C)C. The Morgan fingerprint density at radius 2 is 1.86 bits per heavy atom. The van der Waals surface area contributed by atoms with Crippen LogP contribution in [0.25, 0.3) is 22.3 Å². The lowest BCUT2D eigenvalue weighted by Gasteiger charge is -2.29. The van der Waals surface area contributed by atoms with Gasteiger partial charge in [-0.15, -0.1) is 0 Å². The number of aromatic nitrogens is 5. The van der Waals surface area contributed by atoms with Gasteiger partial charge >= 0.3 is 0 Å². The maximum atomic E-state index is 14.9.